The van der Waals surface area contributed by atoms with Crippen molar-refractivity contribution in [2.45, 2.75) is 23.8 Å². The van der Waals surface area contributed by atoms with Crippen LogP contribution in [-0.4, -0.2) is 16.3 Å². The van der Waals surface area contributed by atoms with Crippen molar-refractivity contribution in [3.63, 3.8) is 0 Å². The molecule has 1 atom stereocenters. The van der Waals surface area contributed by atoms with Crippen molar-refractivity contribution >= 4 is 29.3 Å². The molecule has 0 amide bonds. The molecule has 1 fully saturated rings. The van der Waals surface area contributed by atoms with E-state index in [1.165, 1.54) is 11.8 Å². The highest BCUT2D eigenvalue weighted by molar-refractivity contribution is 7.99. The van der Waals surface area contributed by atoms with Crippen molar-refractivity contribution in [2.75, 3.05) is 0 Å². The molecule has 82 valence electrons. The first-order chi connectivity index (χ1) is 7.16. The zero-order valence-electron chi connectivity index (χ0n) is 7.98. The van der Waals surface area contributed by atoms with E-state index >= 15 is 0 Å². The summed E-state index contributed by atoms with van der Waals surface area (Å²) in [5.74, 6) is 0.926. The molecule has 0 aromatic carbocycles. The molecule has 5 heteroatoms. The first kappa shape index (κ1) is 10.9. The molecule has 1 saturated carbocycles. The van der Waals surface area contributed by atoms with E-state index in [-0.39, 0.29) is 5.25 Å². The molecule has 1 aliphatic rings. The summed E-state index contributed by atoms with van der Waals surface area (Å²) in [4.78, 5) is 10.9. The molecule has 1 aliphatic carbocycles. The number of thioether (sulfide) groups is 1. The first-order valence-corrected chi connectivity index (χ1v) is 6.18. The van der Waals surface area contributed by atoms with E-state index < -0.39 is 5.97 Å². The molecule has 1 unspecified atom stereocenters. The smallest absolute Gasteiger partial charge is 0.316 e. The monoisotopic (exact) mass is 246 g/mol. The highest BCUT2D eigenvalue weighted by Crippen LogP contribution is 2.40. The van der Waals surface area contributed by atoms with Gasteiger partial charge >= 0.3 is 5.97 Å². The predicted octanol–water partition coefficient (Wildman–Crippen LogP) is 3.03. The topological polar surface area (TPSA) is 50.4 Å². The van der Waals surface area contributed by atoms with Crippen LogP contribution in [0.25, 0.3) is 0 Å². The molecule has 1 heterocycles. The summed E-state index contributed by atoms with van der Waals surface area (Å²) < 4.78 is 5.17. The fourth-order valence-corrected chi connectivity index (χ4v) is 2.76. The number of aliphatic carboxylic acids is 1. The van der Waals surface area contributed by atoms with Gasteiger partial charge < -0.3 is 9.52 Å². The summed E-state index contributed by atoms with van der Waals surface area (Å²) in [5.41, 5.74) is 0. The number of hydrogen-bond donors (Lipinski definition) is 1. The van der Waals surface area contributed by atoms with E-state index in [0.717, 1.165) is 18.6 Å². The second-order valence-corrected chi connectivity index (χ2v) is 5.12. The van der Waals surface area contributed by atoms with Gasteiger partial charge in [0.15, 0.2) is 5.22 Å². The molecule has 0 radical (unpaired) electrons. The maximum atomic E-state index is 10.9. The molecule has 0 bridgehead atoms. The van der Waals surface area contributed by atoms with Crippen LogP contribution in [0.3, 0.4) is 0 Å². The third-order valence-electron chi connectivity index (χ3n) is 2.33. The Bertz CT molecular complexity index is 359. The number of carboxylic acids is 1. The normalized spacial score (nSPS) is 17.7. The fourth-order valence-electron chi connectivity index (χ4n) is 1.41. The molecule has 0 aliphatic heterocycles. The Labute approximate surface area is 96.8 Å². The van der Waals surface area contributed by atoms with Gasteiger partial charge in [-0.05, 0) is 42.5 Å². The largest absolute Gasteiger partial charge is 0.480 e. The number of hydrogen-bond acceptors (Lipinski definition) is 3. The third-order valence-corrected chi connectivity index (χ3v) is 3.93. The Balaban J connectivity index is 1.87. The Morgan fingerprint density at radius 3 is 2.87 bits per heavy atom. The molecule has 0 saturated heterocycles. The molecule has 1 aromatic rings. The number of carboxylic acid groups (broad SMARTS) is 1. The van der Waals surface area contributed by atoms with E-state index in [2.05, 4.69) is 0 Å². The third kappa shape index (κ3) is 2.92. The van der Waals surface area contributed by atoms with Crippen molar-refractivity contribution in [1.82, 2.24) is 0 Å². The molecule has 0 spiro atoms. The van der Waals surface area contributed by atoms with Crippen LogP contribution in [0.1, 0.15) is 18.6 Å². The maximum Gasteiger partial charge on any atom is 0.316 e. The van der Waals surface area contributed by atoms with Gasteiger partial charge in [0.2, 0.25) is 0 Å². The average molecular weight is 247 g/mol. The van der Waals surface area contributed by atoms with E-state index in [9.17, 15) is 4.79 Å². The summed E-state index contributed by atoms with van der Waals surface area (Å²) in [6.45, 7) is 0. The second kappa shape index (κ2) is 4.49. The van der Waals surface area contributed by atoms with Crippen molar-refractivity contribution in [3.8, 4) is 0 Å². The van der Waals surface area contributed by atoms with Crippen LogP contribution in [0.15, 0.2) is 16.5 Å². The van der Waals surface area contributed by atoms with Crippen LogP contribution >= 0.6 is 23.4 Å². The van der Waals surface area contributed by atoms with Gasteiger partial charge in [0, 0.05) is 0 Å². The van der Waals surface area contributed by atoms with Gasteiger partial charge in [-0.1, -0.05) is 0 Å². The molecule has 1 N–H and O–H groups in total. The van der Waals surface area contributed by atoms with Gasteiger partial charge in [-0.2, -0.15) is 0 Å². The first-order valence-electron chi connectivity index (χ1n) is 4.75. The minimum Gasteiger partial charge on any atom is -0.480 e. The van der Waals surface area contributed by atoms with E-state index in [4.69, 9.17) is 21.1 Å². The van der Waals surface area contributed by atoms with Crippen LogP contribution < -0.4 is 0 Å². The molecule has 15 heavy (non-hydrogen) atoms. The Kier molecular flexibility index (Phi) is 3.26. The minimum absolute atomic E-state index is 0.297. The van der Waals surface area contributed by atoms with Crippen LogP contribution in [0.2, 0.25) is 5.22 Å². The predicted molar refractivity (Wildman–Crippen MR) is 59.2 cm³/mol. The molecule has 2 rings (SSSR count). The zero-order chi connectivity index (χ0) is 10.8. The van der Waals surface area contributed by atoms with Crippen LogP contribution in [0.4, 0.5) is 0 Å². The quantitative estimate of drug-likeness (QED) is 0.868. The SMILES string of the molecule is O=C(O)C(SCc1ccc(Cl)o1)C1CC1. The van der Waals surface area contributed by atoms with Gasteiger partial charge in [-0.25, -0.2) is 0 Å². The summed E-state index contributed by atoms with van der Waals surface area (Å²) in [6, 6.07) is 3.45. The van der Waals surface area contributed by atoms with Crippen LogP contribution in [-0.2, 0) is 10.5 Å². The number of rotatable bonds is 5. The maximum absolute atomic E-state index is 10.9. The summed E-state index contributed by atoms with van der Waals surface area (Å²) in [5, 5.41) is 9.04. The Morgan fingerprint density at radius 1 is 1.67 bits per heavy atom. The number of carbonyl (C=O) groups is 1. The van der Waals surface area contributed by atoms with E-state index in [1.807, 2.05) is 0 Å². The number of halogens is 1. The van der Waals surface area contributed by atoms with Gasteiger partial charge in [0.1, 0.15) is 11.0 Å². The van der Waals surface area contributed by atoms with Crippen LogP contribution in [0.5, 0.6) is 0 Å². The lowest BCUT2D eigenvalue weighted by atomic mass is 10.3. The van der Waals surface area contributed by atoms with Crippen LogP contribution in [0, 0.1) is 5.92 Å². The lowest BCUT2D eigenvalue weighted by Gasteiger charge is -2.08. The molecule has 3 nitrogen and oxygen atoms in total. The van der Waals surface area contributed by atoms with E-state index in [0.29, 0.717) is 16.9 Å². The average Bonchev–Trinajstić information content (AvgIpc) is 2.90. The highest BCUT2D eigenvalue weighted by Gasteiger charge is 2.36. The lowest BCUT2D eigenvalue weighted by Crippen LogP contribution is -2.18. The Hall–Kier alpha value is -0.610. The highest BCUT2D eigenvalue weighted by atomic mass is 35.5. The van der Waals surface area contributed by atoms with Gasteiger partial charge in [0.25, 0.3) is 0 Å². The second-order valence-electron chi connectivity index (χ2n) is 3.61. The Morgan fingerprint density at radius 2 is 2.40 bits per heavy atom. The molecular weight excluding hydrogens is 236 g/mol. The standard InChI is InChI=1S/C10H11ClO3S/c11-8-4-3-7(14-8)5-15-9(10(12)13)6-1-2-6/h3-4,6,9H,1-2,5H2,(H,12,13). The van der Waals surface area contributed by atoms with Crippen molar-refractivity contribution < 1.29 is 14.3 Å². The van der Waals surface area contributed by atoms with E-state index in [1.54, 1.807) is 12.1 Å². The van der Waals surface area contributed by atoms with Crippen molar-refractivity contribution in [1.29, 1.82) is 0 Å². The summed E-state index contributed by atoms with van der Waals surface area (Å²) >= 11 is 7.04. The van der Waals surface area contributed by atoms with Gasteiger partial charge in [-0.15, -0.1) is 11.8 Å². The van der Waals surface area contributed by atoms with Gasteiger partial charge in [-0.3, -0.25) is 4.79 Å². The van der Waals surface area contributed by atoms with Crippen molar-refractivity contribution in [2.24, 2.45) is 5.92 Å². The molecule has 1 aromatic heterocycles. The molecular formula is C10H11ClO3S. The zero-order valence-corrected chi connectivity index (χ0v) is 9.55. The number of furan rings is 1. The lowest BCUT2D eigenvalue weighted by molar-refractivity contribution is -0.136. The summed E-state index contributed by atoms with van der Waals surface area (Å²) in [6.07, 6.45) is 2.06. The fraction of sp³-hybridized carbons (Fsp3) is 0.500. The van der Waals surface area contributed by atoms with Crippen molar-refractivity contribution in [3.05, 3.63) is 23.1 Å². The van der Waals surface area contributed by atoms with Gasteiger partial charge in [0.05, 0.1) is 5.75 Å². The summed E-state index contributed by atoms with van der Waals surface area (Å²) in [7, 11) is 0. The minimum atomic E-state index is -0.722.